The summed E-state index contributed by atoms with van der Waals surface area (Å²) < 4.78 is 30.7. The van der Waals surface area contributed by atoms with Crippen molar-refractivity contribution in [2.75, 3.05) is 18.2 Å². The standard InChI is InChI=1S/C15H13ClFN3O3S/c1-23-12(21)6-8-2-3-9(7-10(8)17)18-14-13-11(4-5-24(13)22)19-15(16)20-14/h2-3,7H,4-6H2,1H3,(H,18,19,20). The molecule has 0 saturated carbocycles. The van der Waals surface area contributed by atoms with Gasteiger partial charge in [0.2, 0.25) is 5.28 Å². The number of carbonyl (C=O) groups excluding carboxylic acids is 1. The van der Waals surface area contributed by atoms with Gasteiger partial charge in [-0.25, -0.2) is 9.37 Å². The minimum absolute atomic E-state index is 0.0398. The molecule has 0 fully saturated rings. The van der Waals surface area contributed by atoms with Crippen LogP contribution < -0.4 is 5.32 Å². The first-order valence-corrected chi connectivity index (χ1v) is 8.74. The number of esters is 1. The average molecular weight is 370 g/mol. The van der Waals surface area contributed by atoms with Crippen molar-refractivity contribution < 1.29 is 18.1 Å². The minimum atomic E-state index is -1.21. The first kappa shape index (κ1) is 16.8. The van der Waals surface area contributed by atoms with E-state index in [4.69, 9.17) is 11.6 Å². The quantitative estimate of drug-likeness (QED) is 0.658. The van der Waals surface area contributed by atoms with Crippen LogP contribution in [0, 0.1) is 5.82 Å². The van der Waals surface area contributed by atoms with Crippen molar-refractivity contribution in [3.05, 3.63) is 40.6 Å². The largest absolute Gasteiger partial charge is 0.469 e. The van der Waals surface area contributed by atoms with Gasteiger partial charge in [-0.1, -0.05) is 6.07 Å². The van der Waals surface area contributed by atoms with Crippen molar-refractivity contribution in [1.82, 2.24) is 9.97 Å². The van der Waals surface area contributed by atoms with Gasteiger partial charge in [0, 0.05) is 17.9 Å². The van der Waals surface area contributed by atoms with Gasteiger partial charge < -0.3 is 10.1 Å². The molecule has 2 aromatic rings. The van der Waals surface area contributed by atoms with E-state index < -0.39 is 22.6 Å². The number of methoxy groups -OCH3 is 1. The summed E-state index contributed by atoms with van der Waals surface area (Å²) in [6.45, 7) is 0. The number of carbonyl (C=O) groups is 1. The number of halogens is 2. The van der Waals surface area contributed by atoms with Crippen molar-refractivity contribution in [3.8, 4) is 0 Å². The zero-order valence-electron chi connectivity index (χ0n) is 12.6. The van der Waals surface area contributed by atoms with Crippen LogP contribution >= 0.6 is 11.6 Å². The Bertz CT molecular complexity index is 847. The van der Waals surface area contributed by atoms with E-state index in [0.29, 0.717) is 34.3 Å². The summed E-state index contributed by atoms with van der Waals surface area (Å²) in [6.07, 6.45) is 0.409. The molecule has 1 N–H and O–H groups in total. The van der Waals surface area contributed by atoms with Crippen LogP contribution in [0.15, 0.2) is 23.1 Å². The number of ether oxygens (including phenoxy) is 1. The highest BCUT2D eigenvalue weighted by molar-refractivity contribution is 7.85. The van der Waals surface area contributed by atoms with Crippen LogP contribution in [-0.4, -0.2) is 33.0 Å². The van der Waals surface area contributed by atoms with E-state index in [1.165, 1.54) is 19.2 Å². The summed E-state index contributed by atoms with van der Waals surface area (Å²) in [5.41, 5.74) is 1.27. The lowest BCUT2D eigenvalue weighted by molar-refractivity contribution is -0.139. The second kappa shape index (κ2) is 6.82. The Labute approximate surface area is 144 Å². The van der Waals surface area contributed by atoms with Gasteiger partial charge in [-0.2, -0.15) is 4.98 Å². The summed E-state index contributed by atoms with van der Waals surface area (Å²) in [5.74, 6) is -0.305. The second-order valence-corrected chi connectivity index (χ2v) is 6.95. The molecule has 1 aliphatic heterocycles. The number of benzene rings is 1. The molecule has 0 radical (unpaired) electrons. The Morgan fingerprint density at radius 2 is 2.25 bits per heavy atom. The zero-order valence-corrected chi connectivity index (χ0v) is 14.2. The number of anilines is 2. The number of hydrogen-bond donors (Lipinski definition) is 1. The topological polar surface area (TPSA) is 81.2 Å². The molecule has 1 unspecified atom stereocenters. The predicted molar refractivity (Wildman–Crippen MR) is 87.4 cm³/mol. The van der Waals surface area contributed by atoms with Gasteiger partial charge in [-0.3, -0.25) is 9.00 Å². The molecule has 0 bridgehead atoms. The van der Waals surface area contributed by atoms with Crippen molar-refractivity contribution in [3.63, 3.8) is 0 Å². The van der Waals surface area contributed by atoms with E-state index in [9.17, 15) is 13.4 Å². The van der Waals surface area contributed by atoms with Gasteiger partial charge in [0.25, 0.3) is 0 Å². The number of fused-ring (bicyclic) bond motifs is 1. The van der Waals surface area contributed by atoms with Gasteiger partial charge in [-0.05, 0) is 29.3 Å². The zero-order chi connectivity index (χ0) is 17.3. The number of rotatable bonds is 4. The van der Waals surface area contributed by atoms with Crippen LogP contribution in [0.25, 0.3) is 0 Å². The average Bonchev–Trinajstić information content (AvgIpc) is 2.91. The van der Waals surface area contributed by atoms with E-state index in [-0.39, 0.29) is 17.3 Å². The Balaban J connectivity index is 1.89. The van der Waals surface area contributed by atoms with Crippen molar-refractivity contribution in [2.24, 2.45) is 0 Å². The highest BCUT2D eigenvalue weighted by Crippen LogP contribution is 2.31. The summed E-state index contributed by atoms with van der Waals surface area (Å²) in [5, 5.41) is 2.97. The molecule has 1 aromatic heterocycles. The van der Waals surface area contributed by atoms with E-state index in [1.807, 2.05) is 0 Å². The lowest BCUT2D eigenvalue weighted by Gasteiger charge is -2.11. The summed E-state index contributed by atoms with van der Waals surface area (Å²) in [4.78, 5) is 19.9. The third kappa shape index (κ3) is 3.39. The third-order valence-corrected chi connectivity index (χ3v) is 5.17. The number of hydrogen-bond acceptors (Lipinski definition) is 6. The fraction of sp³-hybridized carbons (Fsp3) is 0.267. The fourth-order valence-electron chi connectivity index (χ4n) is 2.38. The Hall–Kier alpha value is -2.06. The Kier molecular flexibility index (Phi) is 4.77. The molecular weight excluding hydrogens is 357 g/mol. The molecule has 0 saturated heterocycles. The van der Waals surface area contributed by atoms with Gasteiger partial charge in [-0.15, -0.1) is 0 Å². The van der Waals surface area contributed by atoms with Gasteiger partial charge >= 0.3 is 5.97 Å². The molecule has 0 amide bonds. The molecule has 24 heavy (non-hydrogen) atoms. The summed E-state index contributed by atoms with van der Waals surface area (Å²) >= 11 is 5.89. The number of nitrogens with zero attached hydrogens (tertiary/aromatic N) is 2. The van der Waals surface area contributed by atoms with Crippen molar-refractivity contribution >= 4 is 39.9 Å². The van der Waals surface area contributed by atoms with Crippen LogP contribution in [0.5, 0.6) is 0 Å². The third-order valence-electron chi connectivity index (χ3n) is 3.54. The molecule has 0 spiro atoms. The number of nitrogens with one attached hydrogen (secondary N) is 1. The van der Waals surface area contributed by atoms with E-state index >= 15 is 0 Å². The van der Waals surface area contributed by atoms with E-state index in [0.717, 1.165) is 0 Å². The van der Waals surface area contributed by atoms with Crippen LogP contribution in [0.2, 0.25) is 5.28 Å². The molecular formula is C15H13ClFN3O3S. The number of aryl methyl sites for hydroxylation is 1. The Morgan fingerprint density at radius 3 is 2.96 bits per heavy atom. The second-order valence-electron chi connectivity index (χ2n) is 5.10. The smallest absolute Gasteiger partial charge is 0.310 e. The molecule has 6 nitrogen and oxygen atoms in total. The highest BCUT2D eigenvalue weighted by Gasteiger charge is 2.25. The maximum Gasteiger partial charge on any atom is 0.310 e. The first-order valence-electron chi connectivity index (χ1n) is 7.05. The van der Waals surface area contributed by atoms with Crippen LogP contribution in [-0.2, 0) is 33.2 Å². The molecule has 9 heteroatoms. The van der Waals surface area contributed by atoms with Crippen molar-refractivity contribution in [2.45, 2.75) is 17.7 Å². The minimum Gasteiger partial charge on any atom is -0.469 e. The predicted octanol–water partition coefficient (Wildman–Crippen LogP) is 2.39. The normalized spacial score (nSPS) is 15.9. The summed E-state index contributed by atoms with van der Waals surface area (Å²) in [7, 11) is 0.0346. The molecule has 3 rings (SSSR count). The molecule has 126 valence electrons. The monoisotopic (exact) mass is 369 g/mol. The van der Waals surface area contributed by atoms with Crippen LogP contribution in [0.3, 0.4) is 0 Å². The fourth-order valence-corrected chi connectivity index (χ4v) is 3.88. The maximum atomic E-state index is 14.1. The maximum absolute atomic E-state index is 14.1. The first-order chi connectivity index (χ1) is 11.5. The van der Waals surface area contributed by atoms with Crippen LogP contribution in [0.1, 0.15) is 11.3 Å². The lowest BCUT2D eigenvalue weighted by atomic mass is 10.1. The molecule has 0 aliphatic carbocycles. The van der Waals surface area contributed by atoms with E-state index in [1.54, 1.807) is 6.07 Å². The molecule has 2 heterocycles. The summed E-state index contributed by atoms with van der Waals surface area (Å²) in [6, 6.07) is 4.31. The van der Waals surface area contributed by atoms with Crippen molar-refractivity contribution in [1.29, 1.82) is 0 Å². The highest BCUT2D eigenvalue weighted by atomic mass is 35.5. The molecule has 1 atom stereocenters. The van der Waals surface area contributed by atoms with Gasteiger partial charge in [0.05, 0.1) is 30.0 Å². The lowest BCUT2D eigenvalue weighted by Crippen LogP contribution is -2.07. The van der Waals surface area contributed by atoms with Gasteiger partial charge in [0.1, 0.15) is 10.7 Å². The number of aromatic nitrogens is 2. The van der Waals surface area contributed by atoms with E-state index in [2.05, 4.69) is 20.0 Å². The van der Waals surface area contributed by atoms with Gasteiger partial charge in [0.15, 0.2) is 5.82 Å². The SMILES string of the molecule is COC(=O)Cc1ccc(Nc2nc(Cl)nc3c2S(=O)CC3)cc1F. The Morgan fingerprint density at radius 1 is 1.46 bits per heavy atom. The molecule has 1 aliphatic rings. The van der Waals surface area contributed by atoms with Crippen LogP contribution in [0.4, 0.5) is 15.9 Å². The molecule has 1 aromatic carbocycles.